The third kappa shape index (κ3) is 3.51. The van der Waals surface area contributed by atoms with Gasteiger partial charge < -0.3 is 10.1 Å². The van der Waals surface area contributed by atoms with Gasteiger partial charge in [-0.3, -0.25) is 0 Å². The predicted octanol–water partition coefficient (Wildman–Crippen LogP) is 3.01. The summed E-state index contributed by atoms with van der Waals surface area (Å²) in [6.07, 6.45) is 1.85. The molecule has 2 rings (SSSR count). The summed E-state index contributed by atoms with van der Waals surface area (Å²) in [6, 6.07) is 0. The molecule has 7 heteroatoms. The number of carbonyl (C=O) groups excluding carboxylic acids is 1. The zero-order chi connectivity index (χ0) is 13.8. The maximum atomic E-state index is 11.6. The fourth-order valence-corrected chi connectivity index (χ4v) is 3.04. The molecule has 1 N–H and O–H groups in total. The van der Waals surface area contributed by atoms with Crippen LogP contribution in [0.2, 0.25) is 0 Å². The number of hydrogen-bond donors (Lipinski definition) is 1. The molecule has 0 fully saturated rings. The summed E-state index contributed by atoms with van der Waals surface area (Å²) in [5.41, 5.74) is 0.398. The van der Waals surface area contributed by atoms with Crippen LogP contribution in [-0.4, -0.2) is 22.5 Å². The first-order valence-corrected chi connectivity index (χ1v) is 7.53. The van der Waals surface area contributed by atoms with Crippen LogP contribution in [0.25, 0.3) is 0 Å². The van der Waals surface area contributed by atoms with Crippen LogP contribution in [0.3, 0.4) is 0 Å². The average molecular weight is 297 g/mol. The Labute approximate surface area is 119 Å². The Morgan fingerprint density at radius 3 is 2.84 bits per heavy atom. The van der Waals surface area contributed by atoms with Crippen molar-refractivity contribution in [3.63, 3.8) is 0 Å². The maximum absolute atomic E-state index is 11.6. The number of thiazole rings is 2. The second kappa shape index (κ2) is 6.12. The summed E-state index contributed by atoms with van der Waals surface area (Å²) in [5, 5.41) is 4.97. The van der Waals surface area contributed by atoms with Crippen molar-refractivity contribution in [2.45, 2.75) is 27.3 Å². The molecule has 2 aromatic rings. The van der Waals surface area contributed by atoms with E-state index in [4.69, 9.17) is 4.74 Å². The number of aryl methyl sites for hydroxylation is 2. The van der Waals surface area contributed by atoms with Gasteiger partial charge >= 0.3 is 5.97 Å². The Kier molecular flexibility index (Phi) is 4.49. The first-order valence-electron chi connectivity index (χ1n) is 5.90. The smallest absolute Gasteiger partial charge is 0.358 e. The van der Waals surface area contributed by atoms with Gasteiger partial charge in [-0.1, -0.05) is 0 Å². The topological polar surface area (TPSA) is 64.1 Å². The van der Waals surface area contributed by atoms with Gasteiger partial charge in [0.2, 0.25) is 0 Å². The zero-order valence-electron chi connectivity index (χ0n) is 11.0. The standard InChI is InChI=1S/C12H15N3O2S2/c1-4-17-11(16)10-7(2)18-12(15-10)14-6-9-5-13-8(3)19-9/h5H,4,6H2,1-3H3,(H,14,15). The number of rotatable bonds is 5. The molecule has 0 amide bonds. The van der Waals surface area contributed by atoms with Crippen molar-refractivity contribution in [2.75, 3.05) is 11.9 Å². The highest BCUT2D eigenvalue weighted by Crippen LogP contribution is 2.23. The third-order valence-electron chi connectivity index (χ3n) is 2.35. The Balaban J connectivity index is 2.01. The number of carbonyl (C=O) groups is 1. The Bertz CT molecular complexity index is 577. The summed E-state index contributed by atoms with van der Waals surface area (Å²) < 4.78 is 4.96. The lowest BCUT2D eigenvalue weighted by atomic mass is 10.4. The maximum Gasteiger partial charge on any atom is 0.358 e. The molecule has 0 atom stereocenters. The van der Waals surface area contributed by atoms with Gasteiger partial charge in [0.05, 0.1) is 18.2 Å². The minimum Gasteiger partial charge on any atom is -0.461 e. The van der Waals surface area contributed by atoms with Gasteiger partial charge in [-0.25, -0.2) is 14.8 Å². The zero-order valence-corrected chi connectivity index (χ0v) is 12.7. The SMILES string of the molecule is CCOC(=O)c1nc(NCc2cnc(C)s2)sc1C. The normalized spacial score (nSPS) is 10.5. The first kappa shape index (κ1) is 14.0. The molecule has 0 aliphatic carbocycles. The van der Waals surface area contributed by atoms with E-state index in [0.29, 0.717) is 18.8 Å². The molecule has 0 aliphatic rings. The molecule has 0 unspecified atom stereocenters. The molecule has 0 saturated carbocycles. The van der Waals surface area contributed by atoms with Crippen LogP contribution in [0.1, 0.15) is 32.2 Å². The number of nitrogens with one attached hydrogen (secondary N) is 1. The van der Waals surface area contributed by atoms with E-state index in [9.17, 15) is 4.79 Å². The molecular formula is C12H15N3O2S2. The van der Waals surface area contributed by atoms with E-state index in [-0.39, 0.29) is 5.97 Å². The number of hydrogen-bond acceptors (Lipinski definition) is 7. The quantitative estimate of drug-likeness (QED) is 0.859. The minimum atomic E-state index is -0.363. The van der Waals surface area contributed by atoms with Crippen molar-refractivity contribution in [2.24, 2.45) is 0 Å². The van der Waals surface area contributed by atoms with Gasteiger partial charge in [0.25, 0.3) is 0 Å². The molecule has 0 spiro atoms. The lowest BCUT2D eigenvalue weighted by molar-refractivity contribution is 0.0519. The summed E-state index contributed by atoms with van der Waals surface area (Å²) in [7, 11) is 0. The number of aromatic nitrogens is 2. The van der Waals surface area contributed by atoms with Crippen LogP contribution in [0.5, 0.6) is 0 Å². The van der Waals surface area contributed by atoms with Crippen molar-refractivity contribution in [3.05, 3.63) is 26.7 Å². The van der Waals surface area contributed by atoms with Gasteiger partial charge in [-0.05, 0) is 20.8 Å². The minimum absolute atomic E-state index is 0.360. The first-order chi connectivity index (χ1) is 9.10. The van der Waals surface area contributed by atoms with Crippen molar-refractivity contribution in [1.29, 1.82) is 0 Å². The molecule has 19 heavy (non-hydrogen) atoms. The van der Waals surface area contributed by atoms with Crippen molar-refractivity contribution in [1.82, 2.24) is 9.97 Å². The van der Waals surface area contributed by atoms with E-state index in [1.165, 1.54) is 11.3 Å². The summed E-state index contributed by atoms with van der Waals surface area (Å²) in [6.45, 7) is 6.65. The number of anilines is 1. The highest BCUT2D eigenvalue weighted by Gasteiger charge is 2.16. The number of esters is 1. The average Bonchev–Trinajstić information content (AvgIpc) is 2.93. The second-order valence-corrected chi connectivity index (χ2v) is 6.37. The Morgan fingerprint density at radius 2 is 2.21 bits per heavy atom. The molecular weight excluding hydrogens is 282 g/mol. The fourth-order valence-electron chi connectivity index (χ4n) is 1.51. The van der Waals surface area contributed by atoms with Crippen LogP contribution in [0.15, 0.2) is 6.20 Å². The summed E-state index contributed by atoms with van der Waals surface area (Å²) >= 11 is 3.10. The van der Waals surface area contributed by atoms with Crippen molar-refractivity contribution >= 4 is 33.8 Å². The molecule has 5 nitrogen and oxygen atoms in total. The van der Waals surface area contributed by atoms with Crippen LogP contribution in [0.4, 0.5) is 5.13 Å². The van der Waals surface area contributed by atoms with E-state index in [1.54, 1.807) is 18.3 Å². The Hall–Kier alpha value is -1.47. The largest absolute Gasteiger partial charge is 0.461 e. The van der Waals surface area contributed by atoms with Gasteiger partial charge in [-0.2, -0.15) is 0 Å². The van der Waals surface area contributed by atoms with Crippen molar-refractivity contribution in [3.8, 4) is 0 Å². The van der Waals surface area contributed by atoms with E-state index < -0.39 is 0 Å². The van der Waals surface area contributed by atoms with E-state index >= 15 is 0 Å². The van der Waals surface area contributed by atoms with E-state index in [2.05, 4.69) is 15.3 Å². The van der Waals surface area contributed by atoms with Crippen LogP contribution >= 0.6 is 22.7 Å². The molecule has 0 radical (unpaired) electrons. The Morgan fingerprint density at radius 1 is 1.42 bits per heavy atom. The summed E-state index contributed by atoms with van der Waals surface area (Å²) in [5.74, 6) is -0.363. The molecule has 0 aliphatic heterocycles. The van der Waals surface area contributed by atoms with Gasteiger partial charge in [0.1, 0.15) is 0 Å². The van der Waals surface area contributed by atoms with E-state index in [0.717, 1.165) is 19.9 Å². The van der Waals surface area contributed by atoms with Crippen LogP contribution in [-0.2, 0) is 11.3 Å². The third-order valence-corrected chi connectivity index (χ3v) is 4.19. The van der Waals surface area contributed by atoms with Gasteiger partial charge in [0.15, 0.2) is 10.8 Å². The molecule has 2 heterocycles. The van der Waals surface area contributed by atoms with Gasteiger partial charge in [-0.15, -0.1) is 22.7 Å². The molecule has 0 aromatic carbocycles. The van der Waals surface area contributed by atoms with E-state index in [1.807, 2.05) is 20.0 Å². The van der Waals surface area contributed by atoms with Gasteiger partial charge in [0, 0.05) is 16.0 Å². The highest BCUT2D eigenvalue weighted by atomic mass is 32.1. The fraction of sp³-hybridized carbons (Fsp3) is 0.417. The molecule has 102 valence electrons. The van der Waals surface area contributed by atoms with Crippen molar-refractivity contribution < 1.29 is 9.53 Å². The highest BCUT2D eigenvalue weighted by molar-refractivity contribution is 7.15. The monoisotopic (exact) mass is 297 g/mol. The lowest BCUT2D eigenvalue weighted by Crippen LogP contribution is -2.07. The lowest BCUT2D eigenvalue weighted by Gasteiger charge is -1.99. The number of ether oxygens (including phenoxy) is 1. The molecule has 0 bridgehead atoms. The van der Waals surface area contributed by atoms with Crippen LogP contribution < -0.4 is 5.32 Å². The second-order valence-electron chi connectivity index (χ2n) is 3.84. The number of nitrogens with zero attached hydrogens (tertiary/aromatic N) is 2. The van der Waals surface area contributed by atoms with Crippen LogP contribution in [0, 0.1) is 13.8 Å². The molecule has 2 aromatic heterocycles. The molecule has 0 saturated heterocycles. The summed E-state index contributed by atoms with van der Waals surface area (Å²) in [4.78, 5) is 22.1. The predicted molar refractivity (Wildman–Crippen MR) is 77.0 cm³/mol.